The molecule has 6 heteroatoms. The molecule has 1 aromatic carbocycles. The molecule has 0 atom stereocenters. The Labute approximate surface area is 140 Å². The summed E-state index contributed by atoms with van der Waals surface area (Å²) in [6, 6.07) is 6.68. The maximum absolute atomic E-state index is 13.1. The van der Waals surface area contributed by atoms with Gasteiger partial charge >= 0.3 is 0 Å². The maximum Gasteiger partial charge on any atom is 0.190 e. The van der Waals surface area contributed by atoms with E-state index < -0.39 is 0 Å². The molecule has 0 spiro atoms. The van der Waals surface area contributed by atoms with Crippen molar-refractivity contribution in [2.45, 2.75) is 26.2 Å². The minimum Gasteiger partial charge on any atom is -0.356 e. The topological polar surface area (TPSA) is 49.3 Å². The molecule has 0 saturated carbocycles. The third-order valence-electron chi connectivity index (χ3n) is 3.35. The van der Waals surface area contributed by atoms with E-state index in [1.54, 1.807) is 30.5 Å². The number of rotatable bonds is 7. The predicted molar refractivity (Wildman–Crippen MR) is 94.6 cm³/mol. The van der Waals surface area contributed by atoms with Crippen LogP contribution < -0.4 is 10.6 Å². The summed E-state index contributed by atoms with van der Waals surface area (Å²) in [6.07, 6.45) is 2.75. The Morgan fingerprint density at radius 3 is 2.78 bits per heavy atom. The molecule has 124 valence electrons. The Bertz CT molecular complexity index is 639. The second-order valence-electron chi connectivity index (χ2n) is 5.29. The minimum absolute atomic E-state index is 0.192. The van der Waals surface area contributed by atoms with Crippen molar-refractivity contribution in [2.24, 2.45) is 4.99 Å². The van der Waals surface area contributed by atoms with Crippen molar-refractivity contribution in [1.82, 2.24) is 15.6 Å². The monoisotopic (exact) mass is 334 g/mol. The van der Waals surface area contributed by atoms with E-state index in [0.29, 0.717) is 0 Å². The molecular formula is C17H23FN4S. The molecule has 2 aromatic rings. The van der Waals surface area contributed by atoms with Gasteiger partial charge in [0.25, 0.3) is 0 Å². The fourth-order valence-corrected chi connectivity index (χ4v) is 3.02. The van der Waals surface area contributed by atoms with E-state index in [0.717, 1.165) is 49.6 Å². The van der Waals surface area contributed by atoms with Crippen LogP contribution in [0.3, 0.4) is 0 Å². The van der Waals surface area contributed by atoms with Crippen molar-refractivity contribution < 1.29 is 4.39 Å². The standard InChI is InChI=1S/C17H23FN4S/c1-13-12-23-16(22-13)7-4-9-20-17(19-2)21-10-8-14-5-3-6-15(18)11-14/h3,5-6,11-12H,4,7-10H2,1-2H3,(H2,19,20,21). The van der Waals surface area contributed by atoms with Crippen LogP contribution in [-0.2, 0) is 12.8 Å². The van der Waals surface area contributed by atoms with Crippen molar-refractivity contribution in [3.8, 4) is 0 Å². The number of benzene rings is 1. The first-order chi connectivity index (χ1) is 11.2. The van der Waals surface area contributed by atoms with E-state index in [9.17, 15) is 4.39 Å². The second-order valence-corrected chi connectivity index (χ2v) is 6.23. The van der Waals surface area contributed by atoms with E-state index in [1.165, 1.54) is 11.1 Å². The lowest BCUT2D eigenvalue weighted by atomic mass is 10.1. The molecule has 0 unspecified atom stereocenters. The molecule has 4 nitrogen and oxygen atoms in total. The van der Waals surface area contributed by atoms with Crippen LogP contribution in [0.25, 0.3) is 0 Å². The fraction of sp³-hybridized carbons (Fsp3) is 0.412. The molecule has 0 radical (unpaired) electrons. The third-order valence-corrected chi connectivity index (χ3v) is 4.37. The minimum atomic E-state index is -0.192. The van der Waals surface area contributed by atoms with Crippen molar-refractivity contribution in [3.63, 3.8) is 0 Å². The summed E-state index contributed by atoms with van der Waals surface area (Å²) in [4.78, 5) is 8.64. The van der Waals surface area contributed by atoms with Crippen LogP contribution >= 0.6 is 11.3 Å². The summed E-state index contributed by atoms with van der Waals surface area (Å²) in [5.41, 5.74) is 2.07. The zero-order valence-corrected chi connectivity index (χ0v) is 14.4. The van der Waals surface area contributed by atoms with E-state index in [4.69, 9.17) is 0 Å². The number of hydrogen-bond donors (Lipinski definition) is 2. The Morgan fingerprint density at radius 1 is 1.26 bits per heavy atom. The highest BCUT2D eigenvalue weighted by atomic mass is 32.1. The first-order valence-corrected chi connectivity index (χ1v) is 8.65. The van der Waals surface area contributed by atoms with Gasteiger partial charge in [0.15, 0.2) is 5.96 Å². The lowest BCUT2D eigenvalue weighted by molar-refractivity contribution is 0.625. The zero-order chi connectivity index (χ0) is 16.5. The molecule has 0 saturated heterocycles. The van der Waals surface area contributed by atoms with Crippen LogP contribution in [0.4, 0.5) is 4.39 Å². The van der Waals surface area contributed by atoms with Gasteiger partial charge in [0.2, 0.25) is 0 Å². The Kier molecular flexibility index (Phi) is 7.00. The average Bonchev–Trinajstić information content (AvgIpc) is 2.95. The highest BCUT2D eigenvalue weighted by molar-refractivity contribution is 7.09. The average molecular weight is 334 g/mol. The Morgan fingerprint density at radius 2 is 2.09 bits per heavy atom. The van der Waals surface area contributed by atoms with E-state index in [2.05, 4.69) is 26.0 Å². The molecule has 0 aliphatic heterocycles. The van der Waals surface area contributed by atoms with Crippen molar-refractivity contribution >= 4 is 17.3 Å². The smallest absolute Gasteiger partial charge is 0.190 e. The number of hydrogen-bond acceptors (Lipinski definition) is 3. The number of thiazole rings is 1. The summed E-state index contributed by atoms with van der Waals surface area (Å²) in [5, 5.41) is 9.79. The Hall–Kier alpha value is -1.95. The van der Waals surface area contributed by atoms with Gasteiger partial charge in [0.1, 0.15) is 5.82 Å². The van der Waals surface area contributed by atoms with Gasteiger partial charge in [-0.3, -0.25) is 4.99 Å². The number of halogens is 1. The summed E-state index contributed by atoms with van der Waals surface area (Å²) in [7, 11) is 1.75. The number of nitrogens with one attached hydrogen (secondary N) is 2. The number of aromatic nitrogens is 1. The quantitative estimate of drug-likeness (QED) is 0.465. The molecule has 2 rings (SSSR count). The molecule has 0 bridgehead atoms. The molecule has 1 heterocycles. The SMILES string of the molecule is CN=C(NCCCc1nc(C)cs1)NCCc1cccc(F)c1. The predicted octanol–water partition coefficient (Wildman–Crippen LogP) is 2.93. The van der Waals surface area contributed by atoms with Crippen LogP contribution in [0.2, 0.25) is 0 Å². The maximum atomic E-state index is 13.1. The summed E-state index contributed by atoms with van der Waals surface area (Å²) < 4.78 is 13.1. The molecule has 23 heavy (non-hydrogen) atoms. The Balaban J connectivity index is 1.63. The van der Waals surface area contributed by atoms with Gasteiger partial charge in [-0.1, -0.05) is 12.1 Å². The molecule has 0 amide bonds. The molecule has 2 N–H and O–H groups in total. The van der Waals surface area contributed by atoms with Crippen LogP contribution in [0.15, 0.2) is 34.6 Å². The highest BCUT2D eigenvalue weighted by Crippen LogP contribution is 2.10. The molecule has 1 aromatic heterocycles. The van der Waals surface area contributed by atoms with Crippen molar-refractivity contribution in [1.29, 1.82) is 0 Å². The first kappa shape index (κ1) is 17.4. The van der Waals surface area contributed by atoms with Gasteiger partial charge in [-0.15, -0.1) is 11.3 Å². The first-order valence-electron chi connectivity index (χ1n) is 7.77. The number of guanidine groups is 1. The number of nitrogens with zero attached hydrogens (tertiary/aromatic N) is 2. The van der Waals surface area contributed by atoms with Gasteiger partial charge in [-0.05, 0) is 37.5 Å². The fourth-order valence-electron chi connectivity index (χ4n) is 2.20. The number of aliphatic imine (C=N–C) groups is 1. The normalized spacial score (nSPS) is 11.5. The second kappa shape index (κ2) is 9.25. The van der Waals surface area contributed by atoms with Crippen LogP contribution in [0, 0.1) is 12.7 Å². The lowest BCUT2D eigenvalue weighted by Crippen LogP contribution is -2.38. The summed E-state index contributed by atoms with van der Waals surface area (Å²) >= 11 is 1.71. The van der Waals surface area contributed by atoms with Gasteiger partial charge in [-0.25, -0.2) is 9.37 Å². The van der Waals surface area contributed by atoms with E-state index >= 15 is 0 Å². The van der Waals surface area contributed by atoms with Gasteiger partial charge in [0, 0.05) is 37.6 Å². The lowest BCUT2D eigenvalue weighted by Gasteiger charge is -2.11. The largest absolute Gasteiger partial charge is 0.356 e. The molecule has 0 aliphatic rings. The van der Waals surface area contributed by atoms with E-state index in [1.807, 2.05) is 13.0 Å². The molecule has 0 fully saturated rings. The van der Waals surface area contributed by atoms with Crippen LogP contribution in [0.1, 0.15) is 22.7 Å². The number of aryl methyl sites for hydroxylation is 2. The van der Waals surface area contributed by atoms with Gasteiger partial charge in [-0.2, -0.15) is 0 Å². The molecule has 0 aliphatic carbocycles. The zero-order valence-electron chi connectivity index (χ0n) is 13.6. The molecular weight excluding hydrogens is 311 g/mol. The van der Waals surface area contributed by atoms with Crippen LogP contribution in [0.5, 0.6) is 0 Å². The summed E-state index contributed by atoms with van der Waals surface area (Å²) in [6.45, 7) is 3.58. The highest BCUT2D eigenvalue weighted by Gasteiger charge is 2.01. The van der Waals surface area contributed by atoms with Crippen molar-refractivity contribution in [3.05, 3.63) is 51.7 Å². The third kappa shape index (κ3) is 6.36. The van der Waals surface area contributed by atoms with E-state index in [-0.39, 0.29) is 5.82 Å². The summed E-state index contributed by atoms with van der Waals surface area (Å²) in [5.74, 6) is 0.583. The van der Waals surface area contributed by atoms with Gasteiger partial charge < -0.3 is 10.6 Å². The van der Waals surface area contributed by atoms with Crippen LogP contribution in [-0.4, -0.2) is 31.1 Å². The van der Waals surface area contributed by atoms with Crippen molar-refractivity contribution in [2.75, 3.05) is 20.1 Å². The van der Waals surface area contributed by atoms with Gasteiger partial charge in [0.05, 0.1) is 5.01 Å².